The van der Waals surface area contributed by atoms with E-state index in [4.69, 9.17) is 9.47 Å². The van der Waals surface area contributed by atoms with Crippen molar-refractivity contribution >= 4 is 29.8 Å². The van der Waals surface area contributed by atoms with Crippen LogP contribution >= 0.6 is 0 Å². The number of benzene rings is 1. The summed E-state index contributed by atoms with van der Waals surface area (Å²) >= 11 is 0. The van der Waals surface area contributed by atoms with Gasteiger partial charge >= 0.3 is 12.1 Å². The maximum Gasteiger partial charge on any atom is 0.410 e. The number of hydrogen-bond donors (Lipinski definition) is 2. The van der Waals surface area contributed by atoms with Gasteiger partial charge in [-0.1, -0.05) is 18.2 Å². The predicted octanol–water partition coefficient (Wildman–Crippen LogP) is 4.05. The molecule has 2 aliphatic heterocycles. The Morgan fingerprint density at radius 2 is 1.50 bits per heavy atom. The van der Waals surface area contributed by atoms with E-state index in [1.807, 2.05) is 20.8 Å². The van der Waals surface area contributed by atoms with E-state index in [0.29, 0.717) is 50.5 Å². The van der Waals surface area contributed by atoms with Gasteiger partial charge in [0.25, 0.3) is 5.91 Å². The minimum absolute atomic E-state index is 0.0550. The fourth-order valence-corrected chi connectivity index (χ4v) is 5.39. The van der Waals surface area contributed by atoms with Crippen molar-refractivity contribution < 1.29 is 33.4 Å². The number of nitrogens with one attached hydrogen (secondary N) is 2. The maximum absolute atomic E-state index is 13.3. The highest BCUT2D eigenvalue weighted by Crippen LogP contribution is 2.24. The van der Waals surface area contributed by atoms with Crippen molar-refractivity contribution in [3.8, 4) is 0 Å². The van der Waals surface area contributed by atoms with Crippen molar-refractivity contribution in [1.29, 1.82) is 0 Å². The third-order valence-corrected chi connectivity index (χ3v) is 7.60. The van der Waals surface area contributed by atoms with Gasteiger partial charge in [0.15, 0.2) is 0 Å². The van der Waals surface area contributed by atoms with Gasteiger partial charge in [-0.2, -0.15) is 0 Å². The molecule has 44 heavy (non-hydrogen) atoms. The second kappa shape index (κ2) is 15.4. The monoisotopic (exact) mass is 614 g/mol. The summed E-state index contributed by atoms with van der Waals surface area (Å²) in [5, 5.41) is 5.75. The average molecular weight is 615 g/mol. The number of likely N-dealkylation sites (tertiary alicyclic amines) is 2. The lowest BCUT2D eigenvalue weighted by Crippen LogP contribution is -2.52. The summed E-state index contributed by atoms with van der Waals surface area (Å²) in [4.78, 5) is 67.6. The Bertz CT molecular complexity index is 1150. The number of piperidine rings is 2. The summed E-state index contributed by atoms with van der Waals surface area (Å²) in [7, 11) is 0. The predicted molar refractivity (Wildman–Crippen MR) is 166 cm³/mol. The normalized spacial score (nSPS) is 18.6. The average Bonchev–Trinajstić information content (AvgIpc) is 2.94. The van der Waals surface area contributed by atoms with Crippen molar-refractivity contribution in [1.82, 2.24) is 20.4 Å². The molecule has 0 spiro atoms. The summed E-state index contributed by atoms with van der Waals surface area (Å²) in [6.45, 7) is 12.8. The highest BCUT2D eigenvalue weighted by atomic mass is 16.6. The second-order valence-corrected chi connectivity index (χ2v) is 13.8. The van der Waals surface area contributed by atoms with Crippen LogP contribution in [0.2, 0.25) is 0 Å². The van der Waals surface area contributed by atoms with Gasteiger partial charge in [0.2, 0.25) is 11.8 Å². The van der Waals surface area contributed by atoms with Crippen LogP contribution in [0.4, 0.5) is 4.79 Å². The zero-order chi connectivity index (χ0) is 32.5. The van der Waals surface area contributed by atoms with Gasteiger partial charge in [-0.25, -0.2) is 9.59 Å². The fraction of sp³-hybridized carbons (Fsp3) is 0.667. The Labute approximate surface area is 261 Å². The first-order chi connectivity index (χ1) is 20.6. The van der Waals surface area contributed by atoms with E-state index in [-0.39, 0.29) is 30.4 Å². The number of nitrogens with zero attached hydrogens (tertiary/aromatic N) is 2. The lowest BCUT2D eigenvalue weighted by Gasteiger charge is -2.35. The number of carbonyl (C=O) groups is 5. The number of esters is 1. The van der Waals surface area contributed by atoms with E-state index < -0.39 is 29.1 Å². The molecule has 3 rings (SSSR count). The molecule has 2 fully saturated rings. The molecule has 2 heterocycles. The van der Waals surface area contributed by atoms with Crippen molar-refractivity contribution in [2.75, 3.05) is 26.2 Å². The Kier molecular flexibility index (Phi) is 12.2. The SMILES string of the molecule is CC(C)(C)OC(=O)[C@H](CC(=O)N1CCCC(NC(=O)CCC2CCN(C(=O)OC(C)(C)C)CC2)C1)NC(=O)c1ccccc1. The van der Waals surface area contributed by atoms with E-state index in [2.05, 4.69) is 10.6 Å². The molecule has 2 saturated heterocycles. The number of hydrogen-bond acceptors (Lipinski definition) is 7. The Morgan fingerprint density at radius 3 is 2.11 bits per heavy atom. The van der Waals surface area contributed by atoms with Crippen molar-refractivity contribution in [3.63, 3.8) is 0 Å². The van der Waals surface area contributed by atoms with Gasteiger partial charge in [-0.15, -0.1) is 0 Å². The molecule has 11 nitrogen and oxygen atoms in total. The molecule has 0 radical (unpaired) electrons. The van der Waals surface area contributed by atoms with Crippen LogP contribution in [0.1, 0.15) is 96.8 Å². The molecular weight excluding hydrogens is 564 g/mol. The lowest BCUT2D eigenvalue weighted by atomic mass is 9.92. The van der Waals surface area contributed by atoms with Crippen LogP contribution in [0.3, 0.4) is 0 Å². The van der Waals surface area contributed by atoms with Gasteiger partial charge < -0.3 is 29.9 Å². The zero-order valence-electron chi connectivity index (χ0n) is 27.1. The zero-order valence-corrected chi connectivity index (χ0v) is 27.1. The third-order valence-electron chi connectivity index (χ3n) is 7.60. The molecular formula is C33H50N4O7. The third kappa shape index (κ3) is 11.8. The molecule has 2 N–H and O–H groups in total. The maximum atomic E-state index is 13.3. The summed E-state index contributed by atoms with van der Waals surface area (Å²) in [5.74, 6) is -1.12. The quantitative estimate of drug-likeness (QED) is 0.401. The fourth-order valence-electron chi connectivity index (χ4n) is 5.39. The number of carbonyl (C=O) groups excluding carboxylic acids is 5. The first-order valence-corrected chi connectivity index (χ1v) is 15.7. The minimum atomic E-state index is -1.15. The molecule has 1 aromatic carbocycles. The largest absolute Gasteiger partial charge is 0.458 e. The van der Waals surface area contributed by atoms with Gasteiger partial charge in [-0.3, -0.25) is 14.4 Å². The van der Waals surface area contributed by atoms with Crippen molar-refractivity contribution in [2.24, 2.45) is 5.92 Å². The van der Waals surface area contributed by atoms with Gasteiger partial charge in [-0.05, 0) is 91.7 Å². The molecule has 0 saturated carbocycles. The molecule has 0 aromatic heterocycles. The summed E-state index contributed by atoms with van der Waals surface area (Å²) in [6.07, 6.45) is 3.72. The molecule has 0 bridgehead atoms. The van der Waals surface area contributed by atoms with E-state index in [9.17, 15) is 24.0 Å². The highest BCUT2D eigenvalue weighted by molar-refractivity contribution is 5.98. The van der Waals surface area contributed by atoms with Crippen LogP contribution < -0.4 is 10.6 Å². The molecule has 2 atom stereocenters. The molecule has 1 aromatic rings. The topological polar surface area (TPSA) is 134 Å². The van der Waals surface area contributed by atoms with E-state index in [0.717, 1.165) is 25.7 Å². The summed E-state index contributed by atoms with van der Waals surface area (Å²) in [5.41, 5.74) is -0.933. The number of amides is 4. The second-order valence-electron chi connectivity index (χ2n) is 13.8. The first-order valence-electron chi connectivity index (χ1n) is 15.7. The van der Waals surface area contributed by atoms with Crippen LogP contribution in [0.25, 0.3) is 0 Å². The molecule has 2 aliphatic rings. The summed E-state index contributed by atoms with van der Waals surface area (Å²) < 4.78 is 11.0. The van der Waals surface area contributed by atoms with Crippen LogP contribution in [0, 0.1) is 5.92 Å². The summed E-state index contributed by atoms with van der Waals surface area (Å²) in [6, 6.07) is 7.16. The Morgan fingerprint density at radius 1 is 0.864 bits per heavy atom. The number of rotatable bonds is 9. The van der Waals surface area contributed by atoms with Crippen LogP contribution in [0.15, 0.2) is 30.3 Å². The molecule has 0 aliphatic carbocycles. The van der Waals surface area contributed by atoms with Crippen LogP contribution in [-0.2, 0) is 23.9 Å². The van der Waals surface area contributed by atoms with Crippen LogP contribution in [0.5, 0.6) is 0 Å². The Balaban J connectivity index is 1.48. The molecule has 11 heteroatoms. The van der Waals surface area contributed by atoms with Gasteiger partial charge in [0, 0.05) is 44.2 Å². The highest BCUT2D eigenvalue weighted by Gasteiger charge is 2.33. The Hall–Kier alpha value is -3.63. The first kappa shape index (κ1) is 34.9. The lowest BCUT2D eigenvalue weighted by molar-refractivity contribution is -0.159. The van der Waals surface area contributed by atoms with E-state index in [1.165, 1.54) is 0 Å². The smallest absolute Gasteiger partial charge is 0.410 e. The molecule has 1 unspecified atom stereocenters. The minimum Gasteiger partial charge on any atom is -0.458 e. The molecule has 244 valence electrons. The van der Waals surface area contributed by atoms with Crippen LogP contribution in [-0.4, -0.2) is 89.0 Å². The van der Waals surface area contributed by atoms with Crippen molar-refractivity contribution in [2.45, 2.75) is 110 Å². The molecule has 4 amide bonds. The number of ether oxygens (including phenoxy) is 2. The van der Waals surface area contributed by atoms with Gasteiger partial charge in [0.05, 0.1) is 6.42 Å². The standard InChI is InChI=1S/C33H50N4O7/c1-32(2,3)43-30(41)26(35-29(40)24-11-8-7-9-12-24)21-28(39)37-18-10-13-25(22-37)34-27(38)15-14-23-16-19-36(20-17-23)31(42)44-33(4,5)6/h7-9,11-12,23,25-26H,10,13-22H2,1-6H3,(H,34,38)(H,35,40)/t25?,26-/m0/s1. The van der Waals surface area contributed by atoms with Gasteiger partial charge in [0.1, 0.15) is 17.2 Å². The van der Waals surface area contributed by atoms with E-state index in [1.54, 1.807) is 60.9 Å². The van der Waals surface area contributed by atoms with Crippen molar-refractivity contribution in [3.05, 3.63) is 35.9 Å². The van der Waals surface area contributed by atoms with E-state index >= 15 is 0 Å².